The molecule has 1 saturated heterocycles. The lowest BCUT2D eigenvalue weighted by molar-refractivity contribution is 0.155. The smallest absolute Gasteiger partial charge is 0.252 e. The van der Waals surface area contributed by atoms with Crippen LogP contribution < -0.4 is 5.73 Å². The van der Waals surface area contributed by atoms with Crippen LogP contribution in [0.15, 0.2) is 15.7 Å². The number of nitrogens with two attached hydrogens (primary N) is 1. The molecule has 0 aliphatic carbocycles. The Balaban J connectivity index is 2.30. The molecule has 2 heterocycles. The molecule has 0 amide bonds. The van der Waals surface area contributed by atoms with Crippen molar-refractivity contribution in [1.29, 1.82) is 0 Å². The van der Waals surface area contributed by atoms with Crippen LogP contribution in [0.2, 0.25) is 0 Å². The summed E-state index contributed by atoms with van der Waals surface area (Å²) in [5.41, 5.74) is 6.01. The van der Waals surface area contributed by atoms with E-state index < -0.39 is 10.0 Å². The molecule has 96 valence electrons. The number of thiophene rings is 1. The van der Waals surface area contributed by atoms with Gasteiger partial charge in [0.05, 0.1) is 6.61 Å². The van der Waals surface area contributed by atoms with Crippen molar-refractivity contribution in [3.05, 3.63) is 11.4 Å². The molecule has 1 aliphatic rings. The Morgan fingerprint density at radius 3 is 2.88 bits per heavy atom. The number of aliphatic hydroxyl groups excluding tert-OH is 1. The molecule has 3 N–H and O–H groups in total. The summed E-state index contributed by atoms with van der Waals surface area (Å²) < 4.78 is 26.3. The van der Waals surface area contributed by atoms with Crippen LogP contribution in [0.5, 0.6) is 0 Å². The molecule has 1 fully saturated rings. The van der Waals surface area contributed by atoms with E-state index in [1.165, 1.54) is 10.4 Å². The average Bonchev–Trinajstić information content (AvgIpc) is 2.76. The third-order valence-corrected chi connectivity index (χ3v) is 6.33. The number of nitrogen functional groups attached to an aromatic ring is 1. The SMILES string of the molecule is Nc1csc(S(=O)(=O)N2CCCCC2CO)c1. The molecule has 0 saturated carbocycles. The zero-order valence-electron chi connectivity index (χ0n) is 9.37. The summed E-state index contributed by atoms with van der Waals surface area (Å²) in [6, 6.07) is 1.18. The molecule has 1 atom stereocenters. The minimum absolute atomic E-state index is 0.125. The largest absolute Gasteiger partial charge is 0.398 e. The van der Waals surface area contributed by atoms with Crippen molar-refractivity contribution in [1.82, 2.24) is 4.31 Å². The summed E-state index contributed by atoms with van der Waals surface area (Å²) in [6.45, 7) is 0.353. The number of aliphatic hydroxyl groups is 1. The highest BCUT2D eigenvalue weighted by molar-refractivity contribution is 7.91. The van der Waals surface area contributed by atoms with E-state index in [0.717, 1.165) is 30.6 Å². The molecular formula is C10H16N2O3S2. The van der Waals surface area contributed by atoms with Crippen LogP contribution in [-0.4, -0.2) is 37.0 Å². The Kier molecular flexibility index (Phi) is 3.72. The van der Waals surface area contributed by atoms with Gasteiger partial charge in [0.1, 0.15) is 4.21 Å². The molecule has 0 bridgehead atoms. The van der Waals surface area contributed by atoms with E-state index in [1.54, 1.807) is 5.38 Å². The highest BCUT2D eigenvalue weighted by Gasteiger charge is 2.33. The predicted molar refractivity (Wildman–Crippen MR) is 67.3 cm³/mol. The van der Waals surface area contributed by atoms with E-state index in [-0.39, 0.29) is 16.9 Å². The van der Waals surface area contributed by atoms with Crippen LogP contribution >= 0.6 is 11.3 Å². The summed E-state index contributed by atoms with van der Waals surface area (Å²) in [5.74, 6) is 0. The van der Waals surface area contributed by atoms with Crippen LogP contribution in [0.3, 0.4) is 0 Å². The van der Waals surface area contributed by atoms with E-state index in [0.29, 0.717) is 12.2 Å². The predicted octanol–water partition coefficient (Wildman–Crippen LogP) is 0.866. The van der Waals surface area contributed by atoms with Gasteiger partial charge in [-0.05, 0) is 18.9 Å². The lowest BCUT2D eigenvalue weighted by atomic mass is 10.1. The normalized spacial score (nSPS) is 22.8. The van der Waals surface area contributed by atoms with Crippen molar-refractivity contribution in [3.63, 3.8) is 0 Å². The summed E-state index contributed by atoms with van der Waals surface area (Å²) in [6.07, 6.45) is 2.52. The fraction of sp³-hybridized carbons (Fsp3) is 0.600. The number of sulfonamides is 1. The molecule has 0 radical (unpaired) electrons. The van der Waals surface area contributed by atoms with Gasteiger partial charge in [-0.3, -0.25) is 0 Å². The second-order valence-corrected chi connectivity index (χ2v) is 7.18. The maximum absolute atomic E-state index is 12.3. The number of anilines is 1. The zero-order chi connectivity index (χ0) is 12.5. The molecule has 7 heteroatoms. The molecule has 1 unspecified atom stereocenters. The van der Waals surface area contributed by atoms with Gasteiger partial charge >= 0.3 is 0 Å². The summed E-state index contributed by atoms with van der Waals surface area (Å²) in [7, 11) is -3.49. The van der Waals surface area contributed by atoms with Crippen LogP contribution in [0, 0.1) is 0 Å². The Hall–Kier alpha value is -0.630. The standard InChI is InChI=1S/C10H16N2O3S2/c11-8-5-10(16-7-8)17(14,15)12-4-2-1-3-9(12)6-13/h5,7,9,13H,1-4,6,11H2. The molecule has 0 aromatic carbocycles. The number of hydrogen-bond acceptors (Lipinski definition) is 5. The first-order chi connectivity index (χ1) is 8.05. The van der Waals surface area contributed by atoms with Crippen molar-refractivity contribution < 1.29 is 13.5 Å². The van der Waals surface area contributed by atoms with Gasteiger partial charge in [0, 0.05) is 23.7 Å². The third kappa shape index (κ3) is 2.47. The number of hydrogen-bond donors (Lipinski definition) is 2. The molecule has 1 aromatic heterocycles. The van der Waals surface area contributed by atoms with Gasteiger partial charge in [0.15, 0.2) is 0 Å². The quantitative estimate of drug-likeness (QED) is 0.858. The van der Waals surface area contributed by atoms with Gasteiger partial charge in [-0.1, -0.05) is 6.42 Å². The highest BCUT2D eigenvalue weighted by Crippen LogP contribution is 2.29. The molecule has 0 spiro atoms. The maximum Gasteiger partial charge on any atom is 0.252 e. The lowest BCUT2D eigenvalue weighted by Crippen LogP contribution is -2.45. The van der Waals surface area contributed by atoms with E-state index in [1.807, 2.05) is 0 Å². The van der Waals surface area contributed by atoms with E-state index in [4.69, 9.17) is 5.73 Å². The van der Waals surface area contributed by atoms with Crippen LogP contribution in [-0.2, 0) is 10.0 Å². The first-order valence-corrected chi connectivity index (χ1v) is 7.84. The van der Waals surface area contributed by atoms with E-state index in [9.17, 15) is 13.5 Å². The molecule has 1 aromatic rings. The Labute approximate surface area is 105 Å². The van der Waals surface area contributed by atoms with Crippen LogP contribution in [0.4, 0.5) is 5.69 Å². The van der Waals surface area contributed by atoms with Gasteiger partial charge in [-0.25, -0.2) is 8.42 Å². The Morgan fingerprint density at radius 1 is 1.53 bits per heavy atom. The summed E-state index contributed by atoms with van der Waals surface area (Å²) >= 11 is 1.13. The topological polar surface area (TPSA) is 83.6 Å². The van der Waals surface area contributed by atoms with Crippen molar-refractivity contribution in [2.75, 3.05) is 18.9 Å². The Bertz CT molecular complexity index is 483. The number of rotatable bonds is 3. The fourth-order valence-electron chi connectivity index (χ4n) is 2.05. The van der Waals surface area contributed by atoms with Crippen molar-refractivity contribution in [3.8, 4) is 0 Å². The summed E-state index contributed by atoms with van der Waals surface area (Å²) in [5, 5.41) is 10.9. The third-order valence-electron chi connectivity index (χ3n) is 2.94. The van der Waals surface area contributed by atoms with Crippen LogP contribution in [0.25, 0.3) is 0 Å². The number of nitrogens with zero attached hydrogens (tertiary/aromatic N) is 1. The monoisotopic (exact) mass is 276 g/mol. The van der Waals surface area contributed by atoms with Gasteiger partial charge in [0.25, 0.3) is 10.0 Å². The van der Waals surface area contributed by atoms with Gasteiger partial charge in [-0.2, -0.15) is 4.31 Å². The van der Waals surface area contributed by atoms with Crippen LogP contribution in [0.1, 0.15) is 19.3 Å². The van der Waals surface area contributed by atoms with E-state index in [2.05, 4.69) is 0 Å². The lowest BCUT2D eigenvalue weighted by Gasteiger charge is -2.32. The molecular weight excluding hydrogens is 260 g/mol. The van der Waals surface area contributed by atoms with Gasteiger partial charge in [-0.15, -0.1) is 11.3 Å². The number of piperidine rings is 1. The Morgan fingerprint density at radius 2 is 2.29 bits per heavy atom. The maximum atomic E-state index is 12.3. The molecule has 5 nitrogen and oxygen atoms in total. The minimum atomic E-state index is -3.49. The molecule has 17 heavy (non-hydrogen) atoms. The van der Waals surface area contributed by atoms with E-state index >= 15 is 0 Å². The second-order valence-electron chi connectivity index (χ2n) is 4.15. The summed E-state index contributed by atoms with van der Waals surface area (Å²) in [4.78, 5) is 0. The fourth-order valence-corrected chi connectivity index (χ4v) is 4.95. The zero-order valence-corrected chi connectivity index (χ0v) is 11.0. The molecule has 1 aliphatic heterocycles. The molecule has 2 rings (SSSR count). The first-order valence-electron chi connectivity index (χ1n) is 5.52. The first kappa shape index (κ1) is 12.8. The average molecular weight is 276 g/mol. The van der Waals surface area contributed by atoms with Gasteiger partial charge in [0.2, 0.25) is 0 Å². The van der Waals surface area contributed by atoms with Gasteiger partial charge < -0.3 is 10.8 Å². The highest BCUT2D eigenvalue weighted by atomic mass is 32.2. The second kappa shape index (κ2) is 4.93. The van der Waals surface area contributed by atoms with Crippen molar-refractivity contribution >= 4 is 27.0 Å². The van der Waals surface area contributed by atoms with Crippen molar-refractivity contribution in [2.45, 2.75) is 29.5 Å². The van der Waals surface area contributed by atoms with Crippen molar-refractivity contribution in [2.24, 2.45) is 0 Å². The minimum Gasteiger partial charge on any atom is -0.398 e.